The molecule has 0 aliphatic carbocycles. The van der Waals surface area contributed by atoms with Gasteiger partial charge in [0.15, 0.2) is 10.9 Å². The van der Waals surface area contributed by atoms with Gasteiger partial charge in [0.25, 0.3) is 5.91 Å². The highest BCUT2D eigenvalue weighted by Gasteiger charge is 2.35. The van der Waals surface area contributed by atoms with Crippen LogP contribution >= 0.6 is 45.9 Å². The van der Waals surface area contributed by atoms with E-state index in [0.29, 0.717) is 32.5 Å². The van der Waals surface area contributed by atoms with Gasteiger partial charge in [0, 0.05) is 17.5 Å². The van der Waals surface area contributed by atoms with Crippen LogP contribution in [0.3, 0.4) is 0 Å². The van der Waals surface area contributed by atoms with E-state index in [4.69, 9.17) is 27.6 Å². The topological polar surface area (TPSA) is 75.4 Å². The lowest BCUT2D eigenvalue weighted by Gasteiger charge is -2.22. The summed E-state index contributed by atoms with van der Waals surface area (Å²) < 4.78 is 6.29. The van der Waals surface area contributed by atoms with Crippen molar-refractivity contribution in [3.8, 4) is 11.3 Å². The molecule has 6 nitrogen and oxygen atoms in total. The van der Waals surface area contributed by atoms with Crippen LogP contribution in [-0.4, -0.2) is 34.3 Å². The molecule has 1 atom stereocenters. The molecule has 0 aromatic carbocycles. The van der Waals surface area contributed by atoms with Crippen molar-refractivity contribution in [3.05, 3.63) is 44.3 Å². The Morgan fingerprint density at radius 1 is 1.37 bits per heavy atom. The van der Waals surface area contributed by atoms with E-state index >= 15 is 0 Å². The molecule has 1 fully saturated rings. The Bertz CT molecular complexity index is 984. The zero-order valence-electron chi connectivity index (χ0n) is 13.8. The van der Waals surface area contributed by atoms with Gasteiger partial charge in [0.05, 0.1) is 16.3 Å². The van der Waals surface area contributed by atoms with Crippen LogP contribution in [0.1, 0.15) is 23.4 Å². The molecule has 4 heterocycles. The third kappa shape index (κ3) is 3.75. The smallest absolute Gasteiger partial charge is 0.290 e. The van der Waals surface area contributed by atoms with Crippen LogP contribution in [0, 0.1) is 0 Å². The fourth-order valence-corrected chi connectivity index (χ4v) is 5.18. The van der Waals surface area contributed by atoms with E-state index in [-0.39, 0.29) is 17.6 Å². The lowest BCUT2D eigenvalue weighted by Crippen LogP contribution is -2.43. The molecule has 0 spiro atoms. The first-order chi connectivity index (χ1) is 13.0. The monoisotopic (exact) mass is 441 g/mol. The van der Waals surface area contributed by atoms with E-state index in [2.05, 4.69) is 10.3 Å². The van der Waals surface area contributed by atoms with Crippen LogP contribution in [0.5, 0.6) is 0 Å². The highest BCUT2D eigenvalue weighted by atomic mass is 35.5. The second kappa shape index (κ2) is 7.63. The summed E-state index contributed by atoms with van der Waals surface area (Å²) in [5.41, 5.74) is 1.39. The SMILES string of the molecule is O=C(Nc1nc(-c2cc(Cl)sc2Cl)cs1)C1CCCN1C(=O)c1ccco1. The average molecular weight is 442 g/mol. The summed E-state index contributed by atoms with van der Waals surface area (Å²) >= 11 is 14.7. The van der Waals surface area contributed by atoms with Crippen molar-refractivity contribution in [2.45, 2.75) is 18.9 Å². The molecule has 1 aliphatic rings. The minimum absolute atomic E-state index is 0.232. The lowest BCUT2D eigenvalue weighted by atomic mass is 10.2. The Hall–Kier alpha value is -1.87. The highest BCUT2D eigenvalue weighted by Crippen LogP contribution is 2.39. The Morgan fingerprint density at radius 2 is 2.22 bits per heavy atom. The predicted molar refractivity (Wildman–Crippen MR) is 107 cm³/mol. The van der Waals surface area contributed by atoms with Crippen molar-refractivity contribution in [1.29, 1.82) is 0 Å². The largest absolute Gasteiger partial charge is 0.459 e. The summed E-state index contributed by atoms with van der Waals surface area (Å²) in [5.74, 6) is -0.310. The molecular weight excluding hydrogens is 429 g/mol. The minimum atomic E-state index is -0.547. The Labute approximate surface area is 172 Å². The van der Waals surface area contributed by atoms with Crippen molar-refractivity contribution in [1.82, 2.24) is 9.88 Å². The molecule has 3 aromatic rings. The van der Waals surface area contributed by atoms with Gasteiger partial charge < -0.3 is 14.6 Å². The van der Waals surface area contributed by atoms with Gasteiger partial charge in [0.2, 0.25) is 5.91 Å². The van der Waals surface area contributed by atoms with Crippen LogP contribution in [-0.2, 0) is 4.79 Å². The first-order valence-corrected chi connectivity index (χ1v) is 10.5. The molecule has 1 saturated heterocycles. The zero-order valence-corrected chi connectivity index (χ0v) is 16.9. The molecule has 0 bridgehead atoms. The van der Waals surface area contributed by atoms with Crippen LogP contribution in [0.15, 0.2) is 34.3 Å². The molecule has 27 heavy (non-hydrogen) atoms. The quantitative estimate of drug-likeness (QED) is 0.616. The zero-order chi connectivity index (χ0) is 19.0. The minimum Gasteiger partial charge on any atom is -0.459 e. The predicted octanol–water partition coefficient (Wildman–Crippen LogP) is 5.01. The van der Waals surface area contributed by atoms with Gasteiger partial charge in [-0.25, -0.2) is 4.98 Å². The maximum Gasteiger partial charge on any atom is 0.290 e. The molecule has 140 valence electrons. The van der Waals surface area contributed by atoms with Gasteiger partial charge >= 0.3 is 0 Å². The van der Waals surface area contributed by atoms with Crippen molar-refractivity contribution < 1.29 is 14.0 Å². The van der Waals surface area contributed by atoms with Gasteiger partial charge in [-0.15, -0.1) is 22.7 Å². The summed E-state index contributed by atoms with van der Waals surface area (Å²) in [4.78, 5) is 31.2. The van der Waals surface area contributed by atoms with Gasteiger partial charge in [-0.05, 0) is 31.0 Å². The number of furan rings is 1. The summed E-state index contributed by atoms with van der Waals surface area (Å²) in [7, 11) is 0. The van der Waals surface area contributed by atoms with Crippen molar-refractivity contribution >= 4 is 62.8 Å². The van der Waals surface area contributed by atoms with Gasteiger partial charge in [-0.2, -0.15) is 0 Å². The average Bonchev–Trinajstić information content (AvgIpc) is 3.42. The van der Waals surface area contributed by atoms with E-state index in [9.17, 15) is 9.59 Å². The number of anilines is 1. The lowest BCUT2D eigenvalue weighted by molar-refractivity contribution is -0.119. The Balaban J connectivity index is 1.47. The van der Waals surface area contributed by atoms with Crippen molar-refractivity contribution in [2.24, 2.45) is 0 Å². The molecule has 2 amide bonds. The maximum atomic E-state index is 12.7. The van der Waals surface area contributed by atoms with E-state index in [1.165, 1.54) is 33.8 Å². The second-order valence-corrected chi connectivity index (χ2v) is 9.04. The number of hydrogen-bond acceptors (Lipinski definition) is 6. The maximum absolute atomic E-state index is 12.7. The Morgan fingerprint density at radius 3 is 2.93 bits per heavy atom. The van der Waals surface area contributed by atoms with E-state index < -0.39 is 6.04 Å². The molecule has 1 unspecified atom stereocenters. The van der Waals surface area contributed by atoms with E-state index in [0.717, 1.165) is 12.0 Å². The number of nitrogens with zero attached hydrogens (tertiary/aromatic N) is 2. The number of nitrogens with one attached hydrogen (secondary N) is 1. The molecule has 1 aliphatic heterocycles. The third-order valence-electron chi connectivity index (χ3n) is 4.22. The van der Waals surface area contributed by atoms with Crippen LogP contribution in [0.2, 0.25) is 8.67 Å². The number of thiazole rings is 1. The van der Waals surface area contributed by atoms with Crippen LogP contribution < -0.4 is 5.32 Å². The number of thiophene rings is 1. The first-order valence-electron chi connectivity index (χ1n) is 8.09. The molecule has 0 saturated carbocycles. The van der Waals surface area contributed by atoms with Gasteiger partial charge in [0.1, 0.15) is 10.4 Å². The highest BCUT2D eigenvalue weighted by molar-refractivity contribution is 7.20. The summed E-state index contributed by atoms with van der Waals surface area (Å²) in [6.45, 7) is 0.518. The molecule has 10 heteroatoms. The summed E-state index contributed by atoms with van der Waals surface area (Å²) in [5, 5.41) is 5.06. The fraction of sp³-hybridized carbons (Fsp3) is 0.235. The number of likely N-dealkylation sites (tertiary alicyclic amines) is 1. The number of carbonyl (C=O) groups is 2. The van der Waals surface area contributed by atoms with Gasteiger partial charge in [-0.3, -0.25) is 9.59 Å². The van der Waals surface area contributed by atoms with E-state index in [1.807, 2.05) is 0 Å². The third-order valence-corrected chi connectivity index (χ3v) is 6.46. The number of hydrogen-bond donors (Lipinski definition) is 1. The van der Waals surface area contributed by atoms with Crippen molar-refractivity contribution in [3.63, 3.8) is 0 Å². The van der Waals surface area contributed by atoms with Crippen LogP contribution in [0.4, 0.5) is 5.13 Å². The number of amides is 2. The molecule has 3 aromatic heterocycles. The molecular formula is C17H13Cl2N3O3S2. The second-order valence-electron chi connectivity index (χ2n) is 5.90. The number of carbonyl (C=O) groups excluding carboxylic acids is 2. The number of halogens is 2. The van der Waals surface area contributed by atoms with E-state index in [1.54, 1.807) is 23.6 Å². The first kappa shape index (κ1) is 18.5. The summed E-state index contributed by atoms with van der Waals surface area (Å²) in [6, 6.07) is 4.44. The Kier molecular flexibility index (Phi) is 5.23. The number of aromatic nitrogens is 1. The van der Waals surface area contributed by atoms with Gasteiger partial charge in [-0.1, -0.05) is 23.2 Å². The summed E-state index contributed by atoms with van der Waals surface area (Å²) in [6.07, 6.45) is 2.80. The molecule has 0 radical (unpaired) electrons. The van der Waals surface area contributed by atoms with Crippen molar-refractivity contribution in [2.75, 3.05) is 11.9 Å². The standard InChI is InChI=1S/C17H13Cl2N3O3S2/c18-13-7-9(14(19)27-13)10-8-26-17(20-10)21-15(23)11-3-1-5-22(11)16(24)12-4-2-6-25-12/h2,4,6-8,11H,1,3,5H2,(H,20,21,23). The van der Waals surface area contributed by atoms with Crippen LogP contribution in [0.25, 0.3) is 11.3 Å². The fourth-order valence-electron chi connectivity index (χ4n) is 2.98. The molecule has 1 N–H and O–H groups in total. The number of rotatable bonds is 4. The normalized spacial score (nSPS) is 16.7. The molecule has 4 rings (SSSR count).